The molecular weight excluding hydrogens is 319 g/mol. The number of primary amides is 1. The first-order chi connectivity index (χ1) is 9.88. The third-order valence-electron chi connectivity index (χ3n) is 3.37. The average molecular weight is 333 g/mol. The Labute approximate surface area is 131 Å². The predicted molar refractivity (Wildman–Crippen MR) is 81.1 cm³/mol. The van der Waals surface area contributed by atoms with E-state index >= 15 is 0 Å². The Hall–Kier alpha value is -1.73. The van der Waals surface area contributed by atoms with Crippen LogP contribution in [0.3, 0.4) is 0 Å². The second kappa shape index (κ2) is 6.36. The first kappa shape index (κ1) is 15.7. The Kier molecular flexibility index (Phi) is 4.74. The van der Waals surface area contributed by atoms with Crippen molar-refractivity contribution in [1.82, 2.24) is 5.32 Å². The van der Waals surface area contributed by atoms with E-state index in [2.05, 4.69) is 5.32 Å². The standard InChI is InChI=1S/C12H14Cl2N4O3/c13-9-5-8(18(20)21)6-10(14)11(9)17-3-1-7(2-4-17)16-12(15)19/h5-7H,1-4H2,(H3,15,16,19). The van der Waals surface area contributed by atoms with Crippen molar-refractivity contribution in [1.29, 1.82) is 0 Å². The van der Waals surface area contributed by atoms with Gasteiger partial charge < -0.3 is 16.0 Å². The zero-order valence-electron chi connectivity index (χ0n) is 11.0. The maximum absolute atomic E-state index is 10.8. The summed E-state index contributed by atoms with van der Waals surface area (Å²) in [6.07, 6.45) is 1.40. The Bertz CT molecular complexity index is 551. The topological polar surface area (TPSA) is 102 Å². The van der Waals surface area contributed by atoms with Gasteiger partial charge >= 0.3 is 6.03 Å². The van der Waals surface area contributed by atoms with Crippen molar-refractivity contribution in [3.63, 3.8) is 0 Å². The van der Waals surface area contributed by atoms with Gasteiger partial charge in [0.1, 0.15) is 0 Å². The fraction of sp³-hybridized carbons (Fsp3) is 0.417. The van der Waals surface area contributed by atoms with Crippen LogP contribution in [0, 0.1) is 10.1 Å². The Morgan fingerprint density at radius 2 is 1.86 bits per heavy atom. The second-order valence-electron chi connectivity index (χ2n) is 4.79. The summed E-state index contributed by atoms with van der Waals surface area (Å²) >= 11 is 12.2. The number of rotatable bonds is 3. The van der Waals surface area contributed by atoms with Crippen LogP contribution in [-0.2, 0) is 0 Å². The highest BCUT2D eigenvalue weighted by Crippen LogP contribution is 2.38. The molecule has 3 N–H and O–H groups in total. The summed E-state index contributed by atoms with van der Waals surface area (Å²) in [6, 6.07) is 2.06. The van der Waals surface area contributed by atoms with Crippen LogP contribution in [0.2, 0.25) is 10.0 Å². The molecule has 0 atom stereocenters. The van der Waals surface area contributed by atoms with Crippen molar-refractivity contribution in [2.24, 2.45) is 5.73 Å². The molecule has 1 saturated heterocycles. The van der Waals surface area contributed by atoms with E-state index in [4.69, 9.17) is 28.9 Å². The molecule has 0 bridgehead atoms. The number of hydrogen-bond acceptors (Lipinski definition) is 4. The van der Waals surface area contributed by atoms with E-state index in [-0.39, 0.29) is 21.8 Å². The number of halogens is 2. The van der Waals surface area contributed by atoms with E-state index in [1.54, 1.807) is 0 Å². The van der Waals surface area contributed by atoms with Gasteiger partial charge in [-0.15, -0.1) is 0 Å². The molecule has 1 aromatic rings. The van der Waals surface area contributed by atoms with Gasteiger partial charge in [0.2, 0.25) is 0 Å². The van der Waals surface area contributed by atoms with Crippen LogP contribution in [0.5, 0.6) is 0 Å². The molecule has 0 aliphatic carbocycles. The van der Waals surface area contributed by atoms with E-state index in [0.717, 1.165) is 0 Å². The largest absolute Gasteiger partial charge is 0.369 e. The Morgan fingerprint density at radius 1 is 1.33 bits per heavy atom. The number of benzene rings is 1. The number of nitrogens with one attached hydrogen (secondary N) is 1. The van der Waals surface area contributed by atoms with Crippen molar-refractivity contribution in [3.8, 4) is 0 Å². The maximum atomic E-state index is 10.8. The van der Waals surface area contributed by atoms with Gasteiger partial charge in [-0.05, 0) is 12.8 Å². The molecule has 1 aliphatic rings. The summed E-state index contributed by atoms with van der Waals surface area (Å²) in [4.78, 5) is 23.0. The van der Waals surface area contributed by atoms with Gasteiger partial charge in [-0.2, -0.15) is 0 Å². The minimum atomic E-state index is -0.542. The highest BCUT2D eigenvalue weighted by atomic mass is 35.5. The van der Waals surface area contributed by atoms with Crippen LogP contribution in [0.15, 0.2) is 12.1 Å². The van der Waals surface area contributed by atoms with Crippen LogP contribution < -0.4 is 16.0 Å². The van der Waals surface area contributed by atoms with Gasteiger partial charge in [-0.1, -0.05) is 23.2 Å². The number of carbonyl (C=O) groups is 1. The van der Waals surface area contributed by atoms with E-state index < -0.39 is 11.0 Å². The fourth-order valence-corrected chi connectivity index (χ4v) is 3.12. The van der Waals surface area contributed by atoms with Crippen LogP contribution in [0.4, 0.5) is 16.2 Å². The van der Waals surface area contributed by atoms with Gasteiger partial charge in [0.05, 0.1) is 20.7 Å². The second-order valence-corrected chi connectivity index (χ2v) is 5.60. The molecule has 0 spiro atoms. The smallest absolute Gasteiger partial charge is 0.312 e. The fourth-order valence-electron chi connectivity index (χ4n) is 2.41. The van der Waals surface area contributed by atoms with Crippen molar-refractivity contribution >= 4 is 40.6 Å². The molecule has 1 heterocycles. The van der Waals surface area contributed by atoms with Crippen molar-refractivity contribution < 1.29 is 9.72 Å². The third-order valence-corrected chi connectivity index (χ3v) is 3.95. The number of piperidine rings is 1. The summed E-state index contributed by atoms with van der Waals surface area (Å²) in [5, 5.41) is 13.9. The summed E-state index contributed by atoms with van der Waals surface area (Å²) in [6.45, 7) is 1.25. The summed E-state index contributed by atoms with van der Waals surface area (Å²) < 4.78 is 0. The number of hydrogen-bond donors (Lipinski definition) is 2. The van der Waals surface area contributed by atoms with Gasteiger partial charge in [-0.25, -0.2) is 4.79 Å². The number of urea groups is 1. The number of nitro benzene ring substituents is 1. The molecule has 0 aromatic heterocycles. The minimum Gasteiger partial charge on any atom is -0.369 e. The molecule has 2 amide bonds. The number of amides is 2. The van der Waals surface area contributed by atoms with Crippen molar-refractivity contribution in [3.05, 3.63) is 32.3 Å². The summed E-state index contributed by atoms with van der Waals surface area (Å²) in [5.74, 6) is 0. The SMILES string of the molecule is NC(=O)NC1CCN(c2c(Cl)cc([N+](=O)[O-])cc2Cl)CC1. The quantitative estimate of drug-likeness (QED) is 0.655. The molecular formula is C12H14Cl2N4O3. The summed E-state index contributed by atoms with van der Waals surface area (Å²) in [7, 11) is 0. The third kappa shape index (κ3) is 3.68. The lowest BCUT2D eigenvalue weighted by atomic mass is 10.0. The van der Waals surface area contributed by atoms with Gasteiger partial charge in [0.25, 0.3) is 5.69 Å². The minimum absolute atomic E-state index is 0.0225. The lowest BCUT2D eigenvalue weighted by Gasteiger charge is -2.34. The highest BCUT2D eigenvalue weighted by molar-refractivity contribution is 6.39. The summed E-state index contributed by atoms with van der Waals surface area (Å²) in [5.41, 5.74) is 5.54. The van der Waals surface area contributed by atoms with E-state index in [1.807, 2.05) is 4.90 Å². The molecule has 9 heteroatoms. The molecule has 1 fully saturated rings. The Balaban J connectivity index is 2.13. The molecule has 0 unspecified atom stereocenters. The van der Waals surface area contributed by atoms with Crippen LogP contribution in [0.1, 0.15) is 12.8 Å². The lowest BCUT2D eigenvalue weighted by molar-refractivity contribution is -0.384. The first-order valence-electron chi connectivity index (χ1n) is 6.33. The molecule has 1 aromatic carbocycles. The van der Waals surface area contributed by atoms with Crippen LogP contribution >= 0.6 is 23.2 Å². The molecule has 7 nitrogen and oxygen atoms in total. The van der Waals surface area contributed by atoms with Crippen molar-refractivity contribution in [2.75, 3.05) is 18.0 Å². The molecule has 1 aliphatic heterocycles. The highest BCUT2D eigenvalue weighted by Gasteiger charge is 2.24. The molecule has 21 heavy (non-hydrogen) atoms. The maximum Gasteiger partial charge on any atom is 0.312 e. The average Bonchev–Trinajstić information content (AvgIpc) is 2.39. The lowest BCUT2D eigenvalue weighted by Crippen LogP contribution is -2.46. The number of non-ortho nitro benzene ring substituents is 1. The van der Waals surface area contributed by atoms with Crippen LogP contribution in [-0.4, -0.2) is 30.1 Å². The number of nitro groups is 1. The van der Waals surface area contributed by atoms with Gasteiger partial charge in [-0.3, -0.25) is 10.1 Å². The molecule has 2 rings (SSSR count). The number of anilines is 1. The normalized spacial score (nSPS) is 15.8. The van der Waals surface area contributed by atoms with E-state index in [9.17, 15) is 14.9 Å². The van der Waals surface area contributed by atoms with E-state index in [0.29, 0.717) is 31.6 Å². The van der Waals surface area contributed by atoms with Crippen LogP contribution in [0.25, 0.3) is 0 Å². The first-order valence-corrected chi connectivity index (χ1v) is 7.08. The Morgan fingerprint density at radius 3 is 2.29 bits per heavy atom. The number of carbonyl (C=O) groups excluding carboxylic acids is 1. The molecule has 0 radical (unpaired) electrons. The zero-order chi connectivity index (χ0) is 15.6. The van der Waals surface area contributed by atoms with Crippen molar-refractivity contribution in [2.45, 2.75) is 18.9 Å². The predicted octanol–water partition coefficient (Wildman–Crippen LogP) is 2.54. The number of nitrogens with zero attached hydrogens (tertiary/aromatic N) is 2. The van der Waals surface area contributed by atoms with E-state index in [1.165, 1.54) is 12.1 Å². The molecule has 0 saturated carbocycles. The monoisotopic (exact) mass is 332 g/mol. The number of nitrogens with two attached hydrogens (primary N) is 1. The van der Waals surface area contributed by atoms with Gasteiger partial charge in [0, 0.05) is 31.3 Å². The van der Waals surface area contributed by atoms with Gasteiger partial charge in [0.15, 0.2) is 0 Å². The zero-order valence-corrected chi connectivity index (χ0v) is 12.5. The molecule has 114 valence electrons.